The molecule has 3 heterocycles. The minimum Gasteiger partial charge on any atom is -0.474 e. The quantitative estimate of drug-likeness (QED) is 0.573. The van der Waals surface area contributed by atoms with Gasteiger partial charge in [0.15, 0.2) is 0 Å². The summed E-state index contributed by atoms with van der Waals surface area (Å²) in [5, 5.41) is 14.7. The largest absolute Gasteiger partial charge is 0.474 e. The number of rotatable bonds is 6. The highest BCUT2D eigenvalue weighted by molar-refractivity contribution is 7.99. The molecule has 0 spiro atoms. The molecule has 0 unspecified atom stereocenters. The van der Waals surface area contributed by atoms with E-state index < -0.39 is 11.9 Å². The lowest BCUT2D eigenvalue weighted by atomic mass is 10.2. The van der Waals surface area contributed by atoms with Crippen LogP contribution in [0.25, 0.3) is 0 Å². The lowest BCUT2D eigenvalue weighted by Gasteiger charge is -2.22. The number of carbonyl (C=O) groups excluding carboxylic acids is 2. The Morgan fingerprint density at radius 3 is 2.82 bits per heavy atom. The highest BCUT2D eigenvalue weighted by Crippen LogP contribution is 2.36. The van der Waals surface area contributed by atoms with Crippen molar-refractivity contribution in [2.24, 2.45) is 0 Å². The van der Waals surface area contributed by atoms with Crippen molar-refractivity contribution in [2.45, 2.75) is 49.3 Å². The first kappa shape index (κ1) is 22.3. The Balaban J connectivity index is 1.25. The molecular formula is C23H25N7O3S. The SMILES string of the molecule is CN1C(=O)[C@@H](NC(=O)c2nnn(Cc3ccccc3)n2)CSc2cnc(OC3CCCC3)cc21. The van der Waals surface area contributed by atoms with Gasteiger partial charge < -0.3 is 15.0 Å². The summed E-state index contributed by atoms with van der Waals surface area (Å²) in [4.78, 5) is 34.1. The number of hydrogen-bond acceptors (Lipinski definition) is 8. The number of nitrogens with one attached hydrogen (secondary N) is 1. The maximum atomic E-state index is 13.2. The number of aromatic nitrogens is 5. The second kappa shape index (κ2) is 9.80. The number of pyridine rings is 1. The number of likely N-dealkylation sites (N-methyl/N-ethyl adjacent to an activating group) is 1. The molecule has 176 valence electrons. The summed E-state index contributed by atoms with van der Waals surface area (Å²) in [6.07, 6.45) is 6.30. The molecule has 2 aromatic heterocycles. The number of tetrazole rings is 1. The fourth-order valence-corrected chi connectivity index (χ4v) is 5.14. The van der Waals surface area contributed by atoms with Crippen molar-refractivity contribution < 1.29 is 14.3 Å². The molecule has 1 saturated carbocycles. The number of hydrogen-bond donors (Lipinski definition) is 1. The monoisotopic (exact) mass is 479 g/mol. The van der Waals surface area contributed by atoms with E-state index in [-0.39, 0.29) is 17.8 Å². The van der Waals surface area contributed by atoms with Crippen LogP contribution in [0.1, 0.15) is 41.9 Å². The highest BCUT2D eigenvalue weighted by Gasteiger charge is 2.32. The third-order valence-electron chi connectivity index (χ3n) is 5.93. The number of nitrogens with zero attached hydrogens (tertiary/aromatic N) is 6. The molecular weight excluding hydrogens is 454 g/mol. The zero-order valence-electron chi connectivity index (χ0n) is 18.8. The fraction of sp³-hybridized carbons (Fsp3) is 0.391. The molecule has 2 amide bonds. The van der Waals surface area contributed by atoms with Gasteiger partial charge in [-0.3, -0.25) is 9.59 Å². The summed E-state index contributed by atoms with van der Waals surface area (Å²) in [5.41, 5.74) is 1.72. The van der Waals surface area contributed by atoms with Gasteiger partial charge in [0.1, 0.15) is 12.1 Å². The average Bonchev–Trinajstić information content (AvgIpc) is 3.52. The molecule has 5 rings (SSSR count). The maximum Gasteiger partial charge on any atom is 0.293 e. The minimum atomic E-state index is -0.741. The Labute approximate surface area is 201 Å². The van der Waals surface area contributed by atoms with Gasteiger partial charge in [0, 0.05) is 30.0 Å². The van der Waals surface area contributed by atoms with Gasteiger partial charge in [0.05, 0.1) is 12.2 Å². The normalized spacial score (nSPS) is 18.4. The summed E-state index contributed by atoms with van der Waals surface area (Å²) in [6.45, 7) is 0.398. The van der Waals surface area contributed by atoms with E-state index in [1.165, 1.54) is 29.4 Å². The van der Waals surface area contributed by atoms with E-state index in [2.05, 4.69) is 25.7 Å². The molecule has 0 radical (unpaired) electrons. The van der Waals surface area contributed by atoms with Crippen LogP contribution in [0.5, 0.6) is 5.88 Å². The molecule has 1 fully saturated rings. The van der Waals surface area contributed by atoms with Crippen molar-refractivity contribution in [1.82, 2.24) is 30.5 Å². The summed E-state index contributed by atoms with van der Waals surface area (Å²) < 4.78 is 6.01. The van der Waals surface area contributed by atoms with Crippen molar-refractivity contribution >= 4 is 29.3 Å². The molecule has 1 atom stereocenters. The number of thioether (sulfide) groups is 1. The number of amides is 2. The topological polar surface area (TPSA) is 115 Å². The van der Waals surface area contributed by atoms with E-state index in [1.54, 1.807) is 24.2 Å². The zero-order chi connectivity index (χ0) is 23.5. The minimum absolute atomic E-state index is 0.0768. The van der Waals surface area contributed by atoms with Crippen LogP contribution >= 0.6 is 11.8 Å². The van der Waals surface area contributed by atoms with Crippen LogP contribution in [0, 0.1) is 0 Å². The highest BCUT2D eigenvalue weighted by atomic mass is 32.2. The lowest BCUT2D eigenvalue weighted by molar-refractivity contribution is -0.119. The number of benzene rings is 1. The third-order valence-corrected chi connectivity index (χ3v) is 7.06. The molecule has 0 bridgehead atoms. The van der Waals surface area contributed by atoms with Gasteiger partial charge in [-0.2, -0.15) is 4.80 Å². The van der Waals surface area contributed by atoms with Crippen molar-refractivity contribution in [3.8, 4) is 5.88 Å². The second-order valence-corrected chi connectivity index (χ2v) is 9.44. The van der Waals surface area contributed by atoms with Crippen molar-refractivity contribution in [3.63, 3.8) is 0 Å². The van der Waals surface area contributed by atoms with Crippen LogP contribution in [0.4, 0.5) is 5.69 Å². The second-order valence-electron chi connectivity index (χ2n) is 8.38. The van der Waals surface area contributed by atoms with Crippen LogP contribution in [0.3, 0.4) is 0 Å². The van der Waals surface area contributed by atoms with Crippen LogP contribution < -0.4 is 15.0 Å². The van der Waals surface area contributed by atoms with Crippen molar-refractivity contribution in [1.29, 1.82) is 0 Å². The standard InChI is InChI=1S/C23H25N7O3S/c1-29-18-11-20(33-16-9-5-6-10-16)24-12-19(18)34-14-17(23(29)32)25-22(31)21-26-28-30(27-21)13-15-7-3-2-4-8-15/h2-4,7-8,11-12,16-17H,5-6,9-10,13-14H2,1H3,(H,25,31)/t17-/m0/s1. The van der Waals surface area contributed by atoms with Crippen LogP contribution in [0.15, 0.2) is 47.5 Å². The first-order valence-electron chi connectivity index (χ1n) is 11.3. The van der Waals surface area contributed by atoms with Crippen LogP contribution in [0.2, 0.25) is 0 Å². The van der Waals surface area contributed by atoms with E-state index in [0.29, 0.717) is 18.2 Å². The molecule has 1 aromatic carbocycles. The van der Waals surface area contributed by atoms with Crippen LogP contribution in [-0.4, -0.2) is 62.0 Å². The number of ether oxygens (including phenoxy) is 1. The molecule has 34 heavy (non-hydrogen) atoms. The first-order chi connectivity index (χ1) is 16.6. The van der Waals surface area contributed by atoms with Gasteiger partial charge >= 0.3 is 0 Å². The smallest absolute Gasteiger partial charge is 0.293 e. The summed E-state index contributed by atoms with van der Waals surface area (Å²) in [5.74, 6) is 0.0415. The maximum absolute atomic E-state index is 13.2. The predicted octanol–water partition coefficient (Wildman–Crippen LogP) is 2.30. The Kier molecular flexibility index (Phi) is 6.43. The van der Waals surface area contributed by atoms with Gasteiger partial charge in [-0.15, -0.1) is 22.0 Å². The Morgan fingerprint density at radius 1 is 1.24 bits per heavy atom. The third kappa shape index (κ3) is 4.89. The summed E-state index contributed by atoms with van der Waals surface area (Å²) >= 11 is 1.46. The number of fused-ring (bicyclic) bond motifs is 1. The van der Waals surface area contributed by atoms with Crippen LogP contribution in [-0.2, 0) is 11.3 Å². The fourth-order valence-electron chi connectivity index (χ4n) is 4.10. The van der Waals surface area contributed by atoms with Gasteiger partial charge in [-0.25, -0.2) is 4.98 Å². The van der Waals surface area contributed by atoms with E-state index in [4.69, 9.17) is 4.74 Å². The number of anilines is 1. The molecule has 3 aromatic rings. The average molecular weight is 480 g/mol. The molecule has 0 saturated heterocycles. The zero-order valence-corrected chi connectivity index (χ0v) is 19.6. The number of carbonyl (C=O) groups is 2. The van der Waals surface area contributed by atoms with Gasteiger partial charge in [0.25, 0.3) is 11.7 Å². The molecule has 2 aliphatic rings. The lowest BCUT2D eigenvalue weighted by Crippen LogP contribution is -2.48. The molecule has 1 aliphatic carbocycles. The molecule has 11 heteroatoms. The van der Waals surface area contributed by atoms with Gasteiger partial charge in [0.2, 0.25) is 11.8 Å². The first-order valence-corrected chi connectivity index (χ1v) is 12.2. The van der Waals surface area contributed by atoms with E-state index in [9.17, 15) is 9.59 Å². The Hall–Kier alpha value is -3.47. The van der Waals surface area contributed by atoms with E-state index in [0.717, 1.165) is 29.0 Å². The molecule has 1 aliphatic heterocycles. The van der Waals surface area contributed by atoms with Gasteiger partial charge in [-0.1, -0.05) is 30.3 Å². The predicted molar refractivity (Wildman–Crippen MR) is 126 cm³/mol. The summed E-state index contributed by atoms with van der Waals surface area (Å²) in [7, 11) is 1.69. The van der Waals surface area contributed by atoms with Gasteiger partial charge in [-0.05, 0) is 36.5 Å². The van der Waals surface area contributed by atoms with Crippen molar-refractivity contribution in [3.05, 3.63) is 54.0 Å². The van der Waals surface area contributed by atoms with Crippen molar-refractivity contribution in [2.75, 3.05) is 17.7 Å². The van der Waals surface area contributed by atoms with E-state index >= 15 is 0 Å². The Bertz CT molecular complexity index is 1180. The Morgan fingerprint density at radius 2 is 2.03 bits per heavy atom. The van der Waals surface area contributed by atoms with E-state index in [1.807, 2.05) is 30.3 Å². The molecule has 1 N–H and O–H groups in total. The summed E-state index contributed by atoms with van der Waals surface area (Å²) in [6, 6.07) is 10.7. The molecule has 10 nitrogen and oxygen atoms in total.